The quantitative estimate of drug-likeness (QED) is 0.776. The van der Waals surface area contributed by atoms with Crippen LogP contribution in [0.5, 0.6) is 0 Å². The minimum atomic E-state index is -0.378. The van der Waals surface area contributed by atoms with Gasteiger partial charge in [0, 0.05) is 19.6 Å². The zero-order chi connectivity index (χ0) is 16.7. The van der Waals surface area contributed by atoms with Crippen molar-refractivity contribution in [3.63, 3.8) is 0 Å². The molecule has 1 saturated heterocycles. The summed E-state index contributed by atoms with van der Waals surface area (Å²) in [6, 6.07) is 0. The highest BCUT2D eigenvalue weighted by Crippen LogP contribution is 2.60. The topological polar surface area (TPSA) is 41.9 Å². The zero-order valence-corrected chi connectivity index (χ0v) is 16.7. The molecule has 25 heavy (non-hydrogen) atoms. The van der Waals surface area contributed by atoms with Crippen molar-refractivity contribution in [1.29, 1.82) is 0 Å². The Hall–Kier alpha value is 0.130. The van der Waals surface area contributed by atoms with Crippen molar-refractivity contribution in [2.75, 3.05) is 32.8 Å². The number of hydrogen-bond donors (Lipinski definition) is 1. The maximum absolute atomic E-state index is 10.4. The fourth-order valence-corrected chi connectivity index (χ4v) is 6.66. The summed E-state index contributed by atoms with van der Waals surface area (Å²) in [7, 11) is 0. The minimum Gasteiger partial charge on any atom is -0.389 e. The lowest BCUT2D eigenvalue weighted by Crippen LogP contribution is -2.49. The number of β-amino-alcohol motifs (C(OH)–C–C–N with tert-alkyl or cyclic N) is 1. The van der Waals surface area contributed by atoms with E-state index in [1.807, 2.05) is 0 Å². The molecular weight excluding hydrogens is 338 g/mol. The standard InChI is InChI=1S/C20H35NO3.ClH/c1-14-9-21(10-15(2)24-14)11-19(22)12-23-13-20-6-16-3-17(7-20)5-18(4-16)8-20;/h14-19,22H,3-13H2,1-2H3;1H. The molecule has 3 atom stereocenters. The first-order chi connectivity index (χ1) is 11.5. The number of aliphatic hydroxyl groups is 1. The average molecular weight is 374 g/mol. The van der Waals surface area contributed by atoms with Crippen LogP contribution in [0.4, 0.5) is 0 Å². The molecule has 1 heterocycles. The molecule has 1 aliphatic heterocycles. The van der Waals surface area contributed by atoms with E-state index < -0.39 is 0 Å². The fourth-order valence-electron chi connectivity index (χ4n) is 6.66. The van der Waals surface area contributed by atoms with E-state index in [0.717, 1.165) is 37.5 Å². The van der Waals surface area contributed by atoms with Crippen LogP contribution < -0.4 is 0 Å². The number of hydrogen-bond acceptors (Lipinski definition) is 4. The molecule has 4 aliphatic carbocycles. The van der Waals surface area contributed by atoms with E-state index in [0.29, 0.717) is 18.6 Å². The third-order valence-corrected chi connectivity index (χ3v) is 6.85. The van der Waals surface area contributed by atoms with Crippen LogP contribution >= 0.6 is 12.4 Å². The number of halogens is 1. The first kappa shape index (κ1) is 19.9. The molecule has 5 aliphatic rings. The van der Waals surface area contributed by atoms with Crippen LogP contribution in [0.15, 0.2) is 0 Å². The summed E-state index contributed by atoms with van der Waals surface area (Å²) in [4.78, 5) is 2.32. The van der Waals surface area contributed by atoms with Crippen molar-refractivity contribution in [3.05, 3.63) is 0 Å². The van der Waals surface area contributed by atoms with Gasteiger partial charge in [0.05, 0.1) is 31.5 Å². The second-order valence-electron chi connectivity index (χ2n) is 9.56. The highest BCUT2D eigenvalue weighted by molar-refractivity contribution is 5.85. The molecule has 0 radical (unpaired) electrons. The molecule has 4 nitrogen and oxygen atoms in total. The molecule has 0 amide bonds. The van der Waals surface area contributed by atoms with Crippen LogP contribution in [-0.2, 0) is 9.47 Å². The van der Waals surface area contributed by atoms with Gasteiger partial charge in [-0.05, 0) is 75.5 Å². The normalized spacial score (nSPS) is 44.5. The van der Waals surface area contributed by atoms with Crippen LogP contribution in [0.1, 0.15) is 52.4 Å². The Morgan fingerprint density at radius 3 is 2.08 bits per heavy atom. The predicted molar refractivity (Wildman–Crippen MR) is 101 cm³/mol. The average Bonchev–Trinajstić information content (AvgIpc) is 2.44. The Labute approximate surface area is 159 Å². The first-order valence-corrected chi connectivity index (χ1v) is 10.1. The Morgan fingerprint density at radius 1 is 1.04 bits per heavy atom. The van der Waals surface area contributed by atoms with Gasteiger partial charge in [-0.25, -0.2) is 0 Å². The van der Waals surface area contributed by atoms with E-state index >= 15 is 0 Å². The minimum absolute atomic E-state index is 0. The van der Waals surface area contributed by atoms with Gasteiger partial charge in [0.1, 0.15) is 0 Å². The maximum Gasteiger partial charge on any atom is 0.0900 e. The molecule has 0 aromatic carbocycles. The van der Waals surface area contributed by atoms with Gasteiger partial charge in [-0.15, -0.1) is 12.4 Å². The molecule has 5 rings (SSSR count). The van der Waals surface area contributed by atoms with Crippen molar-refractivity contribution < 1.29 is 14.6 Å². The van der Waals surface area contributed by atoms with Crippen molar-refractivity contribution >= 4 is 12.4 Å². The van der Waals surface area contributed by atoms with Crippen molar-refractivity contribution in [2.45, 2.75) is 70.7 Å². The van der Waals surface area contributed by atoms with Gasteiger partial charge in [-0.2, -0.15) is 0 Å². The smallest absolute Gasteiger partial charge is 0.0900 e. The lowest BCUT2D eigenvalue weighted by atomic mass is 9.50. The van der Waals surface area contributed by atoms with Crippen molar-refractivity contribution in [1.82, 2.24) is 4.90 Å². The highest BCUT2D eigenvalue weighted by Gasteiger charge is 2.50. The number of ether oxygens (including phenoxy) is 2. The Kier molecular flexibility index (Phi) is 6.37. The molecule has 5 heteroatoms. The molecule has 146 valence electrons. The van der Waals surface area contributed by atoms with Gasteiger partial charge in [0.25, 0.3) is 0 Å². The monoisotopic (exact) mass is 373 g/mol. The van der Waals surface area contributed by atoms with Gasteiger partial charge in [0.15, 0.2) is 0 Å². The van der Waals surface area contributed by atoms with E-state index in [-0.39, 0.29) is 30.7 Å². The summed E-state index contributed by atoms with van der Waals surface area (Å²) in [5, 5.41) is 10.4. The summed E-state index contributed by atoms with van der Waals surface area (Å²) in [6.45, 7) is 8.12. The second-order valence-corrected chi connectivity index (χ2v) is 9.56. The van der Waals surface area contributed by atoms with Crippen LogP contribution in [-0.4, -0.2) is 61.2 Å². The molecule has 5 fully saturated rings. The largest absolute Gasteiger partial charge is 0.389 e. The number of rotatable bonds is 6. The number of aliphatic hydroxyl groups excluding tert-OH is 1. The third kappa shape index (κ3) is 4.70. The fraction of sp³-hybridized carbons (Fsp3) is 1.00. The van der Waals surface area contributed by atoms with E-state index in [9.17, 15) is 5.11 Å². The Balaban J connectivity index is 0.00000182. The van der Waals surface area contributed by atoms with Crippen LogP contribution in [0.3, 0.4) is 0 Å². The van der Waals surface area contributed by atoms with Crippen molar-refractivity contribution in [3.8, 4) is 0 Å². The summed E-state index contributed by atoms with van der Waals surface area (Å²) in [6.07, 6.45) is 8.73. The second kappa shape index (κ2) is 8.02. The summed E-state index contributed by atoms with van der Waals surface area (Å²) in [5.74, 6) is 2.92. The van der Waals surface area contributed by atoms with Crippen LogP contribution in [0.25, 0.3) is 0 Å². The van der Waals surface area contributed by atoms with Gasteiger partial charge in [0.2, 0.25) is 0 Å². The van der Waals surface area contributed by atoms with Gasteiger partial charge in [-0.3, -0.25) is 4.90 Å². The molecule has 0 spiro atoms. The van der Waals surface area contributed by atoms with E-state index in [4.69, 9.17) is 9.47 Å². The molecule has 3 unspecified atom stereocenters. The summed E-state index contributed by atoms with van der Waals surface area (Å²) in [5.41, 5.74) is 0.455. The summed E-state index contributed by atoms with van der Waals surface area (Å²) < 4.78 is 11.8. The van der Waals surface area contributed by atoms with Gasteiger partial charge < -0.3 is 14.6 Å². The Bertz CT molecular complexity index is 401. The molecular formula is C20H36ClNO3. The SMILES string of the molecule is CC1CN(CC(O)COCC23CC4CC(CC(C4)C2)C3)CC(C)O1.Cl. The molecule has 1 N–H and O–H groups in total. The lowest BCUT2D eigenvalue weighted by Gasteiger charge is -2.56. The maximum atomic E-state index is 10.4. The molecule has 0 aromatic heterocycles. The van der Waals surface area contributed by atoms with E-state index in [1.54, 1.807) is 0 Å². The molecule has 0 aromatic rings. The summed E-state index contributed by atoms with van der Waals surface area (Å²) >= 11 is 0. The highest BCUT2D eigenvalue weighted by atomic mass is 35.5. The van der Waals surface area contributed by atoms with Crippen LogP contribution in [0.2, 0.25) is 0 Å². The number of nitrogens with zero attached hydrogens (tertiary/aromatic N) is 1. The van der Waals surface area contributed by atoms with Gasteiger partial charge >= 0.3 is 0 Å². The van der Waals surface area contributed by atoms with Gasteiger partial charge in [-0.1, -0.05) is 0 Å². The zero-order valence-electron chi connectivity index (χ0n) is 15.9. The van der Waals surface area contributed by atoms with E-state index in [1.165, 1.54) is 38.5 Å². The van der Waals surface area contributed by atoms with E-state index in [2.05, 4.69) is 18.7 Å². The lowest BCUT2D eigenvalue weighted by molar-refractivity contribution is -0.112. The molecule has 4 bridgehead atoms. The van der Waals surface area contributed by atoms with Crippen molar-refractivity contribution in [2.24, 2.45) is 23.2 Å². The van der Waals surface area contributed by atoms with Crippen LogP contribution in [0, 0.1) is 23.2 Å². The molecule has 4 saturated carbocycles. The number of morpholine rings is 1. The Morgan fingerprint density at radius 2 is 1.56 bits per heavy atom. The first-order valence-electron chi connectivity index (χ1n) is 10.1. The predicted octanol–water partition coefficient (Wildman–Crippen LogP) is 3.11. The third-order valence-electron chi connectivity index (χ3n) is 6.85.